The van der Waals surface area contributed by atoms with E-state index in [2.05, 4.69) is 5.48 Å². The number of carbonyl (C=O) groups excluding carboxylic acids is 2. The molecular weight excluding hydrogens is 324 g/mol. The van der Waals surface area contributed by atoms with E-state index in [0.717, 1.165) is 16.1 Å². The Kier molecular flexibility index (Phi) is 3.78. The molecule has 2 aromatic rings. The number of amides is 2. The van der Waals surface area contributed by atoms with Crippen molar-refractivity contribution in [1.82, 2.24) is 5.48 Å². The van der Waals surface area contributed by atoms with Crippen molar-refractivity contribution in [3.8, 4) is 0 Å². The summed E-state index contributed by atoms with van der Waals surface area (Å²) in [4.78, 5) is 32.1. The largest absolute Gasteiger partial charge is 0.287 e. The second-order valence-electron chi connectivity index (χ2n) is 5.79. The van der Waals surface area contributed by atoms with Crippen molar-refractivity contribution >= 4 is 29.3 Å². The van der Waals surface area contributed by atoms with Crippen molar-refractivity contribution in [3.63, 3.8) is 0 Å². The lowest BCUT2D eigenvalue weighted by Gasteiger charge is -2.29. The first-order valence-corrected chi connectivity index (χ1v) is 8.60. The van der Waals surface area contributed by atoms with Gasteiger partial charge in [0.2, 0.25) is 5.91 Å². The number of hydroxylamine groups is 1. The van der Waals surface area contributed by atoms with Crippen LogP contribution < -0.4 is 10.4 Å². The summed E-state index contributed by atoms with van der Waals surface area (Å²) in [7, 11) is 0. The summed E-state index contributed by atoms with van der Waals surface area (Å²) in [5, 5.41) is 0. The lowest BCUT2D eigenvalue weighted by Crippen LogP contribution is -2.52. The molecule has 122 valence electrons. The van der Waals surface area contributed by atoms with Crippen LogP contribution in [0.25, 0.3) is 0 Å². The Morgan fingerprint density at radius 3 is 2.75 bits per heavy atom. The molecule has 24 heavy (non-hydrogen) atoms. The highest BCUT2D eigenvalue weighted by Crippen LogP contribution is 2.55. The number of anilines is 1. The minimum Gasteiger partial charge on any atom is -0.287 e. The molecule has 2 aliphatic rings. The second-order valence-corrected chi connectivity index (χ2v) is 7.11. The molecule has 1 unspecified atom stereocenters. The maximum absolute atomic E-state index is 12.8. The van der Waals surface area contributed by atoms with Gasteiger partial charge >= 0.3 is 0 Å². The molecule has 0 saturated carbocycles. The Hall–Kier alpha value is -2.31. The van der Waals surface area contributed by atoms with E-state index in [0.29, 0.717) is 12.8 Å². The number of thioether (sulfide) groups is 1. The van der Waals surface area contributed by atoms with Gasteiger partial charge in [0.15, 0.2) is 4.87 Å². The summed E-state index contributed by atoms with van der Waals surface area (Å²) in [6.45, 7) is 0.286. The van der Waals surface area contributed by atoms with Crippen molar-refractivity contribution in [2.45, 2.75) is 29.2 Å². The summed E-state index contributed by atoms with van der Waals surface area (Å²) >= 11 is 1.43. The first kappa shape index (κ1) is 15.2. The molecule has 5 nitrogen and oxygen atoms in total. The Morgan fingerprint density at radius 2 is 1.92 bits per heavy atom. The van der Waals surface area contributed by atoms with E-state index in [-0.39, 0.29) is 18.4 Å². The highest BCUT2D eigenvalue weighted by Gasteiger charge is 2.57. The molecule has 0 bridgehead atoms. The van der Waals surface area contributed by atoms with Crippen molar-refractivity contribution in [2.24, 2.45) is 0 Å². The third kappa shape index (κ3) is 2.39. The Morgan fingerprint density at radius 1 is 1.17 bits per heavy atom. The molecule has 1 saturated heterocycles. The number of hydrogen-bond acceptors (Lipinski definition) is 4. The number of carbonyl (C=O) groups is 2. The van der Waals surface area contributed by atoms with Crippen molar-refractivity contribution < 1.29 is 14.4 Å². The van der Waals surface area contributed by atoms with Gasteiger partial charge in [-0.2, -0.15) is 0 Å². The number of nitrogens with zero attached hydrogens (tertiary/aromatic N) is 1. The van der Waals surface area contributed by atoms with E-state index in [9.17, 15) is 9.59 Å². The molecule has 2 heterocycles. The van der Waals surface area contributed by atoms with Crippen LogP contribution in [0.3, 0.4) is 0 Å². The van der Waals surface area contributed by atoms with Gasteiger partial charge in [-0.25, -0.2) is 5.48 Å². The number of fused-ring (bicyclic) bond motifs is 3. The number of nitrogens with one attached hydrogen (secondary N) is 1. The fourth-order valence-electron chi connectivity index (χ4n) is 3.14. The topological polar surface area (TPSA) is 58.6 Å². The molecule has 0 aliphatic carbocycles. The van der Waals surface area contributed by atoms with Gasteiger partial charge < -0.3 is 0 Å². The molecule has 1 atom stereocenters. The molecule has 1 fully saturated rings. The first-order chi connectivity index (χ1) is 11.7. The summed E-state index contributed by atoms with van der Waals surface area (Å²) in [6.07, 6.45) is 0.846. The maximum atomic E-state index is 12.8. The fourth-order valence-corrected chi connectivity index (χ4v) is 4.54. The zero-order valence-corrected chi connectivity index (χ0v) is 13.7. The molecule has 0 radical (unpaired) electrons. The molecule has 6 heteroatoms. The molecule has 1 N–H and O–H groups in total. The van der Waals surface area contributed by atoms with E-state index >= 15 is 0 Å². The summed E-state index contributed by atoms with van der Waals surface area (Å²) in [5.74, 6) is -0.309. The predicted octanol–water partition coefficient (Wildman–Crippen LogP) is 2.86. The highest BCUT2D eigenvalue weighted by molar-refractivity contribution is 8.02. The predicted molar refractivity (Wildman–Crippen MR) is 91.1 cm³/mol. The molecule has 2 amide bonds. The molecule has 4 rings (SSSR count). The average Bonchev–Trinajstić information content (AvgIpc) is 3.12. The SMILES string of the molecule is O=C1CCC2(C(=O)NOCc3ccccc3)Sc3ccccc3N12. The summed E-state index contributed by atoms with van der Waals surface area (Å²) in [5.41, 5.74) is 4.31. The fraction of sp³-hybridized carbons (Fsp3) is 0.222. The van der Waals surface area contributed by atoms with E-state index in [4.69, 9.17) is 4.84 Å². The maximum Gasteiger partial charge on any atom is 0.280 e. The van der Waals surface area contributed by atoms with E-state index < -0.39 is 4.87 Å². The Bertz CT molecular complexity index is 796. The normalized spacial score (nSPS) is 21.5. The highest BCUT2D eigenvalue weighted by atomic mass is 32.2. The van der Waals surface area contributed by atoms with Gasteiger partial charge in [0.25, 0.3) is 5.91 Å². The molecule has 2 aliphatic heterocycles. The quantitative estimate of drug-likeness (QED) is 0.870. The monoisotopic (exact) mass is 340 g/mol. The zero-order chi connectivity index (χ0) is 16.6. The van der Waals surface area contributed by atoms with Crippen molar-refractivity contribution in [3.05, 3.63) is 60.2 Å². The second kappa shape index (κ2) is 5.96. The van der Waals surface area contributed by atoms with Crippen LogP contribution >= 0.6 is 11.8 Å². The van der Waals surface area contributed by atoms with Gasteiger partial charge in [-0.3, -0.25) is 19.3 Å². The van der Waals surface area contributed by atoms with Crippen LogP contribution in [0.1, 0.15) is 18.4 Å². The van der Waals surface area contributed by atoms with Crippen LogP contribution in [-0.2, 0) is 21.0 Å². The Balaban J connectivity index is 1.50. The van der Waals surface area contributed by atoms with Gasteiger partial charge in [-0.1, -0.05) is 54.2 Å². The van der Waals surface area contributed by atoms with E-state index in [1.807, 2.05) is 54.6 Å². The number of hydrogen-bond donors (Lipinski definition) is 1. The number of para-hydroxylation sites is 1. The van der Waals surface area contributed by atoms with Crippen LogP contribution in [0.4, 0.5) is 5.69 Å². The van der Waals surface area contributed by atoms with E-state index in [1.54, 1.807) is 4.90 Å². The van der Waals surface area contributed by atoms with Crippen molar-refractivity contribution in [1.29, 1.82) is 0 Å². The smallest absolute Gasteiger partial charge is 0.280 e. The van der Waals surface area contributed by atoms with Gasteiger partial charge in [0, 0.05) is 11.3 Å². The standard InChI is InChI=1S/C18H16N2O3S/c21-16-10-11-18(20(16)14-8-4-5-9-15(14)24-18)17(22)19-23-12-13-6-2-1-3-7-13/h1-9H,10-12H2,(H,19,22). The van der Waals surface area contributed by atoms with Crippen LogP contribution in [0, 0.1) is 0 Å². The molecule has 0 spiro atoms. The average molecular weight is 340 g/mol. The van der Waals surface area contributed by atoms with Crippen LogP contribution in [-0.4, -0.2) is 16.7 Å². The summed E-state index contributed by atoms with van der Waals surface area (Å²) < 4.78 is 0. The van der Waals surface area contributed by atoms with Crippen LogP contribution in [0.15, 0.2) is 59.5 Å². The Labute approximate surface area is 143 Å². The third-order valence-corrected chi connectivity index (χ3v) is 5.75. The summed E-state index contributed by atoms with van der Waals surface area (Å²) in [6, 6.07) is 17.2. The number of benzene rings is 2. The van der Waals surface area contributed by atoms with Gasteiger partial charge in [-0.15, -0.1) is 0 Å². The number of rotatable bonds is 4. The van der Waals surface area contributed by atoms with Crippen LogP contribution in [0.2, 0.25) is 0 Å². The van der Waals surface area contributed by atoms with Gasteiger partial charge in [0.05, 0.1) is 12.3 Å². The lowest BCUT2D eigenvalue weighted by molar-refractivity contribution is -0.137. The van der Waals surface area contributed by atoms with Crippen molar-refractivity contribution in [2.75, 3.05) is 4.90 Å². The molecule has 2 aromatic carbocycles. The minimum absolute atomic E-state index is 0.0225. The lowest BCUT2D eigenvalue weighted by atomic mass is 10.2. The van der Waals surface area contributed by atoms with Gasteiger partial charge in [-0.05, 0) is 24.1 Å². The zero-order valence-electron chi connectivity index (χ0n) is 12.9. The first-order valence-electron chi connectivity index (χ1n) is 7.78. The third-order valence-electron chi connectivity index (χ3n) is 4.27. The minimum atomic E-state index is -0.933. The molecule has 0 aromatic heterocycles. The van der Waals surface area contributed by atoms with Gasteiger partial charge in [0.1, 0.15) is 0 Å². The van der Waals surface area contributed by atoms with E-state index in [1.165, 1.54) is 11.8 Å². The van der Waals surface area contributed by atoms with Crippen LogP contribution in [0.5, 0.6) is 0 Å². The molecular formula is C18H16N2O3S.